The number of carbonyl (C=O) groups is 1. The molecule has 4 heteroatoms. The second-order valence-electron chi connectivity index (χ2n) is 2.55. The van der Waals surface area contributed by atoms with Crippen LogP contribution >= 0.6 is 0 Å². The Balaban J connectivity index is 4.21. The number of methoxy groups -OCH3 is 1. The van der Waals surface area contributed by atoms with Crippen LogP contribution in [-0.2, 0) is 9.53 Å². The average molecular weight is 159 g/mol. The molecule has 0 saturated carbocycles. The molecule has 0 aliphatic carbocycles. The summed E-state index contributed by atoms with van der Waals surface area (Å²) in [6.45, 7) is 5.18. The summed E-state index contributed by atoms with van der Waals surface area (Å²) in [5.41, 5.74) is 3.89. The third-order valence-electron chi connectivity index (χ3n) is 1.11. The van der Waals surface area contributed by atoms with Crippen molar-refractivity contribution in [2.24, 2.45) is 5.73 Å². The molecule has 1 atom stereocenters. The number of rotatable bonds is 3. The molecular formula is C7H13NO3. The first kappa shape index (κ1) is 10.1. The summed E-state index contributed by atoms with van der Waals surface area (Å²) in [5.74, 6) is -0.847. The highest BCUT2D eigenvalue weighted by atomic mass is 16.5. The van der Waals surface area contributed by atoms with Gasteiger partial charge in [-0.3, -0.25) is 5.73 Å². The van der Waals surface area contributed by atoms with Crippen LogP contribution in [0, 0.1) is 0 Å². The van der Waals surface area contributed by atoms with Gasteiger partial charge >= 0.3 is 5.97 Å². The smallest absolute Gasteiger partial charge is 0.353 e. The molecule has 0 bridgehead atoms. The number of carbonyl (C=O) groups excluding carboxylic acids is 1. The van der Waals surface area contributed by atoms with E-state index in [1.807, 2.05) is 0 Å². The SMILES string of the molecule is C=C(C)CC(N)(O)C(=O)OC. The fourth-order valence-electron chi connectivity index (χ4n) is 0.709. The third-order valence-corrected chi connectivity index (χ3v) is 1.11. The Labute approximate surface area is 65.6 Å². The van der Waals surface area contributed by atoms with Gasteiger partial charge in [0.15, 0.2) is 0 Å². The van der Waals surface area contributed by atoms with Crippen LogP contribution in [0.2, 0.25) is 0 Å². The van der Waals surface area contributed by atoms with Crippen molar-refractivity contribution in [2.75, 3.05) is 7.11 Å². The van der Waals surface area contributed by atoms with E-state index in [0.717, 1.165) is 0 Å². The molecule has 0 aromatic heterocycles. The molecule has 1 unspecified atom stereocenters. The highest BCUT2D eigenvalue weighted by Crippen LogP contribution is 2.10. The molecule has 0 radical (unpaired) electrons. The quantitative estimate of drug-likeness (QED) is 0.339. The molecule has 11 heavy (non-hydrogen) atoms. The van der Waals surface area contributed by atoms with E-state index >= 15 is 0 Å². The van der Waals surface area contributed by atoms with Crippen LogP contribution in [0.4, 0.5) is 0 Å². The van der Waals surface area contributed by atoms with Gasteiger partial charge in [-0.05, 0) is 6.92 Å². The number of nitrogens with two attached hydrogens (primary N) is 1. The molecular weight excluding hydrogens is 146 g/mol. The van der Waals surface area contributed by atoms with E-state index in [9.17, 15) is 9.90 Å². The van der Waals surface area contributed by atoms with Gasteiger partial charge in [0.25, 0.3) is 0 Å². The molecule has 0 aliphatic heterocycles. The van der Waals surface area contributed by atoms with Crippen molar-refractivity contribution >= 4 is 5.97 Å². The second kappa shape index (κ2) is 3.50. The second-order valence-corrected chi connectivity index (χ2v) is 2.55. The van der Waals surface area contributed by atoms with Crippen LogP contribution in [0.5, 0.6) is 0 Å². The van der Waals surface area contributed by atoms with Gasteiger partial charge in [0.2, 0.25) is 5.72 Å². The van der Waals surface area contributed by atoms with Crippen molar-refractivity contribution in [3.63, 3.8) is 0 Å². The van der Waals surface area contributed by atoms with Crippen molar-refractivity contribution in [2.45, 2.75) is 19.1 Å². The van der Waals surface area contributed by atoms with E-state index in [-0.39, 0.29) is 6.42 Å². The summed E-state index contributed by atoms with van der Waals surface area (Å²) in [4.78, 5) is 10.7. The fourth-order valence-corrected chi connectivity index (χ4v) is 0.709. The Hall–Kier alpha value is -0.870. The number of esters is 1. The van der Waals surface area contributed by atoms with Crippen LogP contribution < -0.4 is 5.73 Å². The molecule has 0 aliphatic rings. The molecule has 0 saturated heterocycles. The van der Waals surface area contributed by atoms with Crippen molar-refractivity contribution < 1.29 is 14.6 Å². The lowest BCUT2D eigenvalue weighted by atomic mass is 10.1. The zero-order valence-corrected chi connectivity index (χ0v) is 6.76. The van der Waals surface area contributed by atoms with Crippen LogP contribution in [-0.4, -0.2) is 23.9 Å². The number of hydrogen-bond acceptors (Lipinski definition) is 4. The van der Waals surface area contributed by atoms with Crippen molar-refractivity contribution in [1.29, 1.82) is 0 Å². The first-order chi connectivity index (χ1) is 4.90. The summed E-state index contributed by atoms with van der Waals surface area (Å²) in [5, 5.41) is 9.20. The maximum absolute atomic E-state index is 10.7. The topological polar surface area (TPSA) is 72.5 Å². The Morgan fingerprint density at radius 1 is 1.82 bits per heavy atom. The minimum absolute atomic E-state index is 0.0136. The van der Waals surface area contributed by atoms with Crippen LogP contribution in [0.15, 0.2) is 12.2 Å². The average Bonchev–Trinajstić information content (AvgIpc) is 1.83. The van der Waals surface area contributed by atoms with Crippen molar-refractivity contribution in [3.05, 3.63) is 12.2 Å². The molecule has 0 rings (SSSR count). The van der Waals surface area contributed by atoms with E-state index in [2.05, 4.69) is 11.3 Å². The molecule has 64 valence electrons. The van der Waals surface area contributed by atoms with Gasteiger partial charge in [0, 0.05) is 6.42 Å². The first-order valence-corrected chi connectivity index (χ1v) is 3.14. The summed E-state index contributed by atoms with van der Waals surface area (Å²) in [7, 11) is 1.17. The third kappa shape index (κ3) is 3.15. The fraction of sp³-hybridized carbons (Fsp3) is 0.571. The Morgan fingerprint density at radius 3 is 2.55 bits per heavy atom. The van der Waals surface area contributed by atoms with Crippen LogP contribution in [0.3, 0.4) is 0 Å². The van der Waals surface area contributed by atoms with E-state index in [1.165, 1.54) is 7.11 Å². The number of hydrogen-bond donors (Lipinski definition) is 2. The molecule has 0 aromatic rings. The maximum atomic E-state index is 10.7. The molecule has 0 heterocycles. The van der Waals surface area contributed by atoms with Gasteiger partial charge in [-0.2, -0.15) is 0 Å². The predicted molar refractivity (Wildman–Crippen MR) is 40.6 cm³/mol. The lowest BCUT2D eigenvalue weighted by molar-refractivity contribution is -0.161. The highest BCUT2D eigenvalue weighted by Gasteiger charge is 2.31. The normalized spacial score (nSPS) is 15.3. The summed E-state index contributed by atoms with van der Waals surface area (Å²) in [6.07, 6.45) is 0.0136. The van der Waals surface area contributed by atoms with E-state index in [0.29, 0.717) is 5.57 Å². The number of aliphatic hydroxyl groups is 1. The summed E-state index contributed by atoms with van der Waals surface area (Å²) >= 11 is 0. The van der Waals surface area contributed by atoms with Gasteiger partial charge in [-0.25, -0.2) is 4.79 Å². The van der Waals surface area contributed by atoms with Gasteiger partial charge in [0.1, 0.15) is 0 Å². The van der Waals surface area contributed by atoms with Crippen LogP contribution in [0.25, 0.3) is 0 Å². The first-order valence-electron chi connectivity index (χ1n) is 3.14. The lowest BCUT2D eigenvalue weighted by Crippen LogP contribution is -2.48. The zero-order chi connectivity index (χ0) is 9.07. The predicted octanol–water partition coefficient (Wildman–Crippen LogP) is -0.227. The lowest BCUT2D eigenvalue weighted by Gasteiger charge is -2.19. The Morgan fingerprint density at radius 2 is 2.27 bits per heavy atom. The molecule has 4 nitrogen and oxygen atoms in total. The molecule has 0 amide bonds. The molecule has 0 spiro atoms. The monoisotopic (exact) mass is 159 g/mol. The van der Waals surface area contributed by atoms with E-state index in [1.54, 1.807) is 6.92 Å². The van der Waals surface area contributed by atoms with Crippen molar-refractivity contribution in [1.82, 2.24) is 0 Å². The van der Waals surface area contributed by atoms with Crippen LogP contribution in [0.1, 0.15) is 13.3 Å². The number of ether oxygens (including phenoxy) is 1. The minimum atomic E-state index is -1.93. The van der Waals surface area contributed by atoms with Gasteiger partial charge < -0.3 is 9.84 Å². The summed E-state index contributed by atoms with van der Waals surface area (Å²) < 4.78 is 4.26. The largest absolute Gasteiger partial charge is 0.466 e. The zero-order valence-electron chi connectivity index (χ0n) is 6.76. The minimum Gasteiger partial charge on any atom is -0.466 e. The standard InChI is InChI=1S/C7H13NO3/c1-5(2)4-7(8,10)6(9)11-3/h10H,1,4,8H2,2-3H3. The van der Waals surface area contributed by atoms with Gasteiger partial charge in [-0.1, -0.05) is 12.2 Å². The Kier molecular flexibility index (Phi) is 3.22. The molecule has 0 aromatic carbocycles. The van der Waals surface area contributed by atoms with Crippen molar-refractivity contribution in [3.8, 4) is 0 Å². The van der Waals surface area contributed by atoms with E-state index in [4.69, 9.17) is 5.73 Å². The Bertz CT molecular complexity index is 175. The van der Waals surface area contributed by atoms with Gasteiger partial charge in [-0.15, -0.1) is 0 Å². The van der Waals surface area contributed by atoms with E-state index < -0.39 is 11.7 Å². The molecule has 0 fully saturated rings. The molecule has 3 N–H and O–H groups in total. The van der Waals surface area contributed by atoms with Gasteiger partial charge in [0.05, 0.1) is 7.11 Å². The maximum Gasteiger partial charge on any atom is 0.353 e. The highest BCUT2D eigenvalue weighted by molar-refractivity contribution is 5.78. The summed E-state index contributed by atoms with van der Waals surface area (Å²) in [6, 6.07) is 0.